The average Bonchev–Trinajstić information content (AvgIpc) is 3.40. The molecule has 4 rings (SSSR count). The smallest absolute Gasteiger partial charge is 0.237 e. The number of imidazole rings is 1. The van der Waals surface area contributed by atoms with Crippen molar-refractivity contribution >= 4 is 47.7 Å². The summed E-state index contributed by atoms with van der Waals surface area (Å²) in [5.41, 5.74) is 7.98. The first-order valence-electron chi connectivity index (χ1n) is 10.8. The summed E-state index contributed by atoms with van der Waals surface area (Å²) < 4.78 is 12.6. The number of carbonyl (C=O) groups excluding carboxylic acids is 1. The first kappa shape index (κ1) is 29.5. The van der Waals surface area contributed by atoms with Gasteiger partial charge in [0.05, 0.1) is 32.1 Å². The molecule has 1 fully saturated rings. The molecule has 198 valence electrons. The molecule has 1 saturated heterocycles. The number of nitrogens with two attached hydrogens (primary N) is 1. The molecule has 1 aliphatic heterocycles. The number of hydrogen-bond donors (Lipinski definition) is 4. The molecule has 1 aliphatic rings. The Morgan fingerprint density at radius 1 is 1.25 bits per heavy atom. The van der Waals surface area contributed by atoms with E-state index in [1.165, 1.54) is 12.7 Å². The van der Waals surface area contributed by atoms with E-state index in [2.05, 4.69) is 20.3 Å². The summed E-state index contributed by atoms with van der Waals surface area (Å²) >= 11 is 0. The summed E-state index contributed by atoms with van der Waals surface area (Å²) in [7, 11) is 5.25. The van der Waals surface area contributed by atoms with E-state index in [1.807, 2.05) is 26.2 Å². The van der Waals surface area contributed by atoms with Crippen molar-refractivity contribution in [2.24, 2.45) is 5.73 Å². The first-order chi connectivity index (χ1) is 16.3. The van der Waals surface area contributed by atoms with Gasteiger partial charge in [-0.3, -0.25) is 9.36 Å². The lowest BCUT2D eigenvalue weighted by molar-refractivity contribution is -0.124. The standard InChI is InChI=1S/C22H29N7O5.2ClH/c1-28(2)19-17-20(25-10-24-19)29(11-26-17)22-18(31)16(15(9-30)34-22)27-21(32)14(23)8-12-4-6-13(33-3)7-5-12;;/h4-7,10-11,14-16,18,22,30-31H,8-9,23H2,1-3H3,(H,27,32);2*1H/t14-,15+,16-,18-,22+;;/m0../s1. The molecule has 5 N–H and O–H groups in total. The largest absolute Gasteiger partial charge is 0.497 e. The molecule has 2 aromatic heterocycles. The second kappa shape index (κ2) is 12.5. The van der Waals surface area contributed by atoms with Crippen LogP contribution in [0.25, 0.3) is 11.2 Å². The molecule has 12 nitrogen and oxygen atoms in total. The number of rotatable bonds is 8. The minimum atomic E-state index is -1.18. The van der Waals surface area contributed by atoms with Crippen LogP contribution >= 0.6 is 24.8 Å². The second-order valence-corrected chi connectivity index (χ2v) is 8.35. The van der Waals surface area contributed by atoms with Crippen LogP contribution in [-0.2, 0) is 16.0 Å². The Hall–Kier alpha value is -2.74. The summed E-state index contributed by atoms with van der Waals surface area (Å²) in [5.74, 6) is 0.861. The zero-order valence-corrected chi connectivity index (χ0v) is 21.6. The van der Waals surface area contributed by atoms with E-state index in [1.54, 1.807) is 28.7 Å². The van der Waals surface area contributed by atoms with Gasteiger partial charge in [0.1, 0.15) is 24.3 Å². The molecule has 0 saturated carbocycles. The summed E-state index contributed by atoms with van der Waals surface area (Å²) in [6.07, 6.45) is 0.250. The van der Waals surface area contributed by atoms with Gasteiger partial charge in [-0.25, -0.2) is 15.0 Å². The third kappa shape index (κ3) is 5.80. The number of aliphatic hydroxyl groups is 2. The molecule has 0 bridgehead atoms. The fourth-order valence-corrected chi connectivity index (χ4v) is 4.04. The number of methoxy groups -OCH3 is 1. The lowest BCUT2D eigenvalue weighted by Gasteiger charge is -2.23. The topological polar surface area (TPSA) is 161 Å². The molecule has 0 unspecified atom stereocenters. The zero-order chi connectivity index (χ0) is 24.4. The van der Waals surface area contributed by atoms with Gasteiger partial charge in [-0.1, -0.05) is 12.1 Å². The number of aliphatic hydroxyl groups excluding tert-OH is 2. The fourth-order valence-electron chi connectivity index (χ4n) is 4.04. The molecule has 14 heteroatoms. The number of amides is 1. The number of fused-ring (bicyclic) bond motifs is 1. The summed E-state index contributed by atoms with van der Waals surface area (Å²) in [5, 5.41) is 23.6. The highest BCUT2D eigenvalue weighted by Gasteiger charge is 2.46. The van der Waals surface area contributed by atoms with Gasteiger partial charge in [0.25, 0.3) is 0 Å². The number of benzene rings is 1. The van der Waals surface area contributed by atoms with Crippen molar-refractivity contribution in [3.8, 4) is 5.75 Å². The molecule has 36 heavy (non-hydrogen) atoms. The zero-order valence-electron chi connectivity index (χ0n) is 20.0. The quantitative estimate of drug-likeness (QED) is 0.305. The van der Waals surface area contributed by atoms with E-state index < -0.39 is 43.0 Å². The number of nitrogens with one attached hydrogen (secondary N) is 1. The number of halogens is 2. The van der Waals surface area contributed by atoms with Gasteiger partial charge in [-0.05, 0) is 24.1 Å². The van der Waals surface area contributed by atoms with E-state index >= 15 is 0 Å². The van der Waals surface area contributed by atoms with Crippen LogP contribution in [0.3, 0.4) is 0 Å². The molecule has 1 aromatic carbocycles. The Bertz CT molecular complexity index is 1150. The second-order valence-electron chi connectivity index (χ2n) is 8.35. The van der Waals surface area contributed by atoms with Crippen molar-refractivity contribution in [1.82, 2.24) is 24.8 Å². The minimum absolute atomic E-state index is 0. The first-order valence-corrected chi connectivity index (χ1v) is 10.8. The molecule has 0 radical (unpaired) electrons. The van der Waals surface area contributed by atoms with Crippen LogP contribution < -0.4 is 20.7 Å². The monoisotopic (exact) mass is 543 g/mol. The number of carbonyl (C=O) groups is 1. The van der Waals surface area contributed by atoms with Crippen LogP contribution in [-0.4, -0.2) is 87.7 Å². The van der Waals surface area contributed by atoms with Crippen molar-refractivity contribution < 1.29 is 24.5 Å². The van der Waals surface area contributed by atoms with Gasteiger partial charge in [0, 0.05) is 14.1 Å². The van der Waals surface area contributed by atoms with Gasteiger partial charge in [0.15, 0.2) is 23.2 Å². The highest BCUT2D eigenvalue weighted by atomic mass is 35.5. The molecule has 3 aromatic rings. The Balaban J connectivity index is 0.00000228. The van der Waals surface area contributed by atoms with E-state index in [4.69, 9.17) is 15.2 Å². The van der Waals surface area contributed by atoms with Gasteiger partial charge in [-0.2, -0.15) is 0 Å². The molecule has 5 atom stereocenters. The van der Waals surface area contributed by atoms with E-state index in [0.29, 0.717) is 29.2 Å². The Kier molecular flexibility index (Phi) is 10.2. The van der Waals surface area contributed by atoms with Crippen molar-refractivity contribution in [2.75, 3.05) is 32.7 Å². The molecule has 0 aliphatic carbocycles. The maximum Gasteiger partial charge on any atom is 0.237 e. The third-order valence-electron chi connectivity index (χ3n) is 5.85. The molecular formula is C22H31Cl2N7O5. The molecule has 3 heterocycles. The van der Waals surface area contributed by atoms with Gasteiger partial charge < -0.3 is 35.6 Å². The van der Waals surface area contributed by atoms with Crippen LogP contribution in [0.2, 0.25) is 0 Å². The maximum absolute atomic E-state index is 12.8. The minimum Gasteiger partial charge on any atom is -0.497 e. The van der Waals surface area contributed by atoms with Crippen molar-refractivity contribution in [3.05, 3.63) is 42.5 Å². The molecule has 1 amide bonds. The van der Waals surface area contributed by atoms with Crippen molar-refractivity contribution in [3.63, 3.8) is 0 Å². The lowest BCUT2D eigenvalue weighted by atomic mass is 10.0. The van der Waals surface area contributed by atoms with Crippen LogP contribution in [0.4, 0.5) is 5.82 Å². The Labute approximate surface area is 220 Å². The Morgan fingerprint density at radius 3 is 2.56 bits per heavy atom. The predicted octanol–water partition coefficient (Wildman–Crippen LogP) is 0.0499. The van der Waals surface area contributed by atoms with Gasteiger partial charge >= 0.3 is 0 Å². The molecular weight excluding hydrogens is 513 g/mol. The lowest BCUT2D eigenvalue weighted by Crippen LogP contribution is -2.53. The number of nitrogens with zero attached hydrogens (tertiary/aromatic N) is 5. The summed E-state index contributed by atoms with van der Waals surface area (Å²) in [6, 6.07) is 5.52. The van der Waals surface area contributed by atoms with Crippen LogP contribution in [0.15, 0.2) is 36.9 Å². The molecule has 0 spiro atoms. The fraction of sp³-hybridized carbons (Fsp3) is 0.455. The number of anilines is 1. The van der Waals surface area contributed by atoms with Crippen LogP contribution in [0, 0.1) is 0 Å². The van der Waals surface area contributed by atoms with E-state index in [-0.39, 0.29) is 24.8 Å². The van der Waals surface area contributed by atoms with Crippen LogP contribution in [0.1, 0.15) is 11.8 Å². The number of hydrogen-bond acceptors (Lipinski definition) is 10. The Morgan fingerprint density at radius 2 is 1.94 bits per heavy atom. The average molecular weight is 544 g/mol. The number of aromatic nitrogens is 4. The van der Waals surface area contributed by atoms with Crippen LogP contribution in [0.5, 0.6) is 5.75 Å². The van der Waals surface area contributed by atoms with E-state index in [9.17, 15) is 15.0 Å². The van der Waals surface area contributed by atoms with Crippen molar-refractivity contribution in [1.29, 1.82) is 0 Å². The van der Waals surface area contributed by atoms with Crippen molar-refractivity contribution in [2.45, 2.75) is 36.9 Å². The summed E-state index contributed by atoms with van der Waals surface area (Å²) in [6.45, 7) is -0.406. The summed E-state index contributed by atoms with van der Waals surface area (Å²) in [4.78, 5) is 27.5. The van der Waals surface area contributed by atoms with Gasteiger partial charge in [0.2, 0.25) is 5.91 Å². The maximum atomic E-state index is 12.8. The normalized spacial score (nSPS) is 21.8. The highest BCUT2D eigenvalue weighted by Crippen LogP contribution is 2.32. The van der Waals surface area contributed by atoms with E-state index in [0.717, 1.165) is 5.56 Å². The predicted molar refractivity (Wildman–Crippen MR) is 138 cm³/mol. The number of ether oxygens (including phenoxy) is 2. The SMILES string of the molecule is COc1ccc(C[C@H](N)C(=O)N[C@@H]2[C@H](O)[C@H](n3cnc4c(N(C)C)ncnc43)O[C@@H]2CO)cc1.Cl.Cl. The van der Waals surface area contributed by atoms with Gasteiger partial charge in [-0.15, -0.1) is 24.8 Å². The third-order valence-corrected chi connectivity index (χ3v) is 5.85. The highest BCUT2D eigenvalue weighted by molar-refractivity contribution is 5.86.